The van der Waals surface area contributed by atoms with Crippen molar-refractivity contribution in [2.24, 2.45) is 0 Å². The van der Waals surface area contributed by atoms with Gasteiger partial charge in [-0.05, 0) is 36.4 Å². The maximum Gasteiger partial charge on any atom is 0.417 e. The van der Waals surface area contributed by atoms with Gasteiger partial charge in [-0.3, -0.25) is 20.6 Å². The van der Waals surface area contributed by atoms with Crippen LogP contribution in [0, 0.1) is 0 Å². The number of alkyl halides is 9. The fourth-order valence-corrected chi connectivity index (χ4v) is 3.08. The minimum atomic E-state index is -5.05. The van der Waals surface area contributed by atoms with E-state index in [4.69, 9.17) is 0 Å². The van der Waals surface area contributed by atoms with Gasteiger partial charge in [-0.25, -0.2) is 4.98 Å². The van der Waals surface area contributed by atoms with Gasteiger partial charge in [0.2, 0.25) is 0 Å². The molecule has 0 saturated heterocycles. The normalized spacial score (nSPS) is 12.5. The summed E-state index contributed by atoms with van der Waals surface area (Å²) in [5, 5.41) is -0.727. The summed E-state index contributed by atoms with van der Waals surface area (Å²) >= 11 is 0. The fourth-order valence-electron chi connectivity index (χ4n) is 3.08. The number of amides is 1. The van der Waals surface area contributed by atoms with E-state index in [2.05, 4.69) is 20.8 Å². The lowest BCUT2D eigenvalue weighted by atomic mass is 10.1. The maximum atomic E-state index is 13.7. The van der Waals surface area contributed by atoms with Crippen LogP contribution in [-0.4, -0.2) is 41.3 Å². The average molecular weight is 511 g/mol. The second kappa shape index (κ2) is 9.46. The number of carbonyl (C=O) groups is 1. The topological polar surface area (TPSA) is 70.2 Å². The van der Waals surface area contributed by atoms with Gasteiger partial charge in [0.15, 0.2) is 0 Å². The van der Waals surface area contributed by atoms with Crippen LogP contribution < -0.4 is 15.8 Å². The molecule has 6 nitrogen and oxygen atoms in total. The molecule has 2 N–H and O–H groups in total. The van der Waals surface area contributed by atoms with Gasteiger partial charge < -0.3 is 4.90 Å². The Labute approximate surface area is 190 Å². The van der Waals surface area contributed by atoms with Crippen molar-refractivity contribution in [3.8, 4) is 0 Å². The van der Waals surface area contributed by atoms with Crippen LogP contribution in [0.2, 0.25) is 0 Å². The van der Waals surface area contributed by atoms with E-state index in [1.807, 2.05) is 0 Å². The van der Waals surface area contributed by atoms with Crippen LogP contribution in [0.1, 0.15) is 15.9 Å². The molecule has 0 fully saturated rings. The summed E-state index contributed by atoms with van der Waals surface area (Å²) in [6, 6.07) is 5.35. The summed E-state index contributed by atoms with van der Waals surface area (Å²) < 4.78 is 118. The molecule has 0 atom stereocenters. The fraction of sp³-hybridized carbons (Fsp3) is 0.250. The van der Waals surface area contributed by atoms with E-state index in [1.54, 1.807) is 0 Å². The Hall–Kier alpha value is -3.78. The monoisotopic (exact) mass is 511 g/mol. The van der Waals surface area contributed by atoms with Gasteiger partial charge >= 0.3 is 18.5 Å². The lowest BCUT2D eigenvalue weighted by Crippen LogP contribution is -2.40. The molecule has 1 amide bonds. The zero-order chi connectivity index (χ0) is 26.0. The molecule has 2 heterocycles. The minimum absolute atomic E-state index is 0.124. The second-order valence-corrected chi connectivity index (χ2v) is 7.16. The first kappa shape index (κ1) is 25.8. The van der Waals surface area contributed by atoms with Crippen LogP contribution in [0.5, 0.6) is 0 Å². The number of halogens is 9. The Bertz CT molecular complexity index is 1180. The summed E-state index contributed by atoms with van der Waals surface area (Å²) in [7, 11) is 0. The highest BCUT2D eigenvalue weighted by Crippen LogP contribution is 2.38. The first-order valence-electron chi connectivity index (χ1n) is 9.49. The van der Waals surface area contributed by atoms with Gasteiger partial charge in [-0.2, -0.15) is 39.5 Å². The van der Waals surface area contributed by atoms with Gasteiger partial charge in [0.05, 0.1) is 11.1 Å². The van der Waals surface area contributed by atoms with Gasteiger partial charge in [-0.1, -0.05) is 0 Å². The predicted octanol–water partition coefficient (Wildman–Crippen LogP) is 5.34. The number of rotatable bonds is 6. The summed E-state index contributed by atoms with van der Waals surface area (Å²) in [5.41, 5.74) is 1.97. The molecule has 3 aromatic rings. The Morgan fingerprint density at radius 2 is 1.46 bits per heavy atom. The highest BCUT2D eigenvalue weighted by molar-refractivity contribution is 5.95. The van der Waals surface area contributed by atoms with Crippen LogP contribution in [-0.2, 0) is 6.18 Å². The number of pyridine rings is 2. The van der Waals surface area contributed by atoms with Crippen molar-refractivity contribution < 1.29 is 44.3 Å². The number of nitrogens with zero attached hydrogens (tertiary/aromatic N) is 3. The number of carbonyl (C=O) groups excluding carboxylic acids is 1. The molecule has 0 aliphatic heterocycles. The van der Waals surface area contributed by atoms with Crippen molar-refractivity contribution in [3.63, 3.8) is 0 Å². The van der Waals surface area contributed by atoms with Crippen LogP contribution in [0.3, 0.4) is 0 Å². The summed E-state index contributed by atoms with van der Waals surface area (Å²) in [4.78, 5) is 19.5. The zero-order valence-corrected chi connectivity index (χ0v) is 17.2. The van der Waals surface area contributed by atoms with Gasteiger partial charge in [0.25, 0.3) is 5.91 Å². The molecular formula is C20H14F9N5O. The Morgan fingerprint density at radius 1 is 0.857 bits per heavy atom. The molecule has 1 aromatic carbocycles. The van der Waals surface area contributed by atoms with Crippen molar-refractivity contribution in [1.82, 2.24) is 15.4 Å². The lowest BCUT2D eigenvalue weighted by molar-refractivity contribution is -0.138. The molecule has 0 spiro atoms. The van der Waals surface area contributed by atoms with E-state index in [0.717, 1.165) is 12.1 Å². The van der Waals surface area contributed by atoms with E-state index in [1.165, 1.54) is 24.5 Å². The molecule has 2 aromatic heterocycles. The maximum absolute atomic E-state index is 13.7. The zero-order valence-electron chi connectivity index (χ0n) is 17.2. The minimum Gasteiger partial charge on any atom is -0.353 e. The molecule has 0 bridgehead atoms. The molecule has 0 unspecified atom stereocenters. The van der Waals surface area contributed by atoms with Gasteiger partial charge in [-0.15, -0.1) is 0 Å². The van der Waals surface area contributed by atoms with E-state index in [-0.39, 0.29) is 16.0 Å². The third-order valence-electron chi connectivity index (χ3n) is 4.45. The smallest absolute Gasteiger partial charge is 0.353 e. The van der Waals surface area contributed by atoms with Crippen LogP contribution in [0.15, 0.2) is 48.8 Å². The van der Waals surface area contributed by atoms with Gasteiger partial charge in [0.1, 0.15) is 18.9 Å². The number of hydrogen-bond acceptors (Lipinski definition) is 5. The summed E-state index contributed by atoms with van der Waals surface area (Å²) in [6.45, 7) is -4.07. The Morgan fingerprint density at radius 3 is 2.00 bits per heavy atom. The summed E-state index contributed by atoms with van der Waals surface area (Å²) in [6.07, 6.45) is -12.5. The third-order valence-corrected chi connectivity index (χ3v) is 4.45. The van der Waals surface area contributed by atoms with Crippen molar-refractivity contribution >= 4 is 28.3 Å². The van der Waals surface area contributed by atoms with Crippen molar-refractivity contribution in [2.75, 3.05) is 23.4 Å². The number of fused-ring (bicyclic) bond motifs is 1. The van der Waals surface area contributed by atoms with Crippen molar-refractivity contribution in [1.29, 1.82) is 0 Å². The van der Waals surface area contributed by atoms with Gasteiger partial charge in [0, 0.05) is 29.0 Å². The van der Waals surface area contributed by atoms with E-state index < -0.39 is 60.0 Å². The number of aromatic nitrogens is 2. The molecule has 0 radical (unpaired) electrons. The van der Waals surface area contributed by atoms with Crippen molar-refractivity contribution in [2.45, 2.75) is 18.5 Å². The predicted molar refractivity (Wildman–Crippen MR) is 106 cm³/mol. The van der Waals surface area contributed by atoms with E-state index in [9.17, 15) is 44.3 Å². The number of anilines is 2. The first-order valence-corrected chi connectivity index (χ1v) is 9.49. The quantitative estimate of drug-likeness (QED) is 0.346. The molecular weight excluding hydrogens is 497 g/mol. The molecule has 35 heavy (non-hydrogen) atoms. The highest BCUT2D eigenvalue weighted by Gasteiger charge is 2.38. The average Bonchev–Trinajstić information content (AvgIpc) is 2.74. The van der Waals surface area contributed by atoms with Crippen molar-refractivity contribution in [3.05, 3.63) is 59.9 Å². The largest absolute Gasteiger partial charge is 0.417 e. The molecule has 3 rings (SSSR count). The number of benzene rings is 1. The molecule has 0 aliphatic carbocycles. The van der Waals surface area contributed by atoms with Crippen LogP contribution >= 0.6 is 0 Å². The number of nitrogens with one attached hydrogen (secondary N) is 2. The first-order chi connectivity index (χ1) is 16.1. The number of hydrogen-bond donors (Lipinski definition) is 2. The summed E-state index contributed by atoms with van der Waals surface area (Å²) in [5.74, 6) is -1.20. The van der Waals surface area contributed by atoms with Crippen LogP contribution in [0.4, 0.5) is 51.0 Å². The molecule has 0 aliphatic rings. The highest BCUT2D eigenvalue weighted by atomic mass is 19.4. The Kier molecular flexibility index (Phi) is 6.98. The standard InChI is InChI=1S/C20H14F9N5O/c21-18(22,23)9-34(10-19(24,25)26)12-1-2-15-13(7-12)14(20(27,28)29)8-16(31-15)32-33-17(35)11-3-5-30-6-4-11/h1-8H,9-10H2,(H,31,32)(H,33,35). The Balaban J connectivity index is 1.99. The molecule has 15 heteroatoms. The molecule has 0 saturated carbocycles. The third kappa shape index (κ3) is 7.10. The number of hydrazine groups is 1. The SMILES string of the molecule is O=C(NNc1cc(C(F)(F)F)c2cc(N(CC(F)(F)F)CC(F)(F)F)ccc2n1)c1ccncc1. The molecule has 188 valence electrons. The van der Waals surface area contributed by atoms with E-state index >= 15 is 0 Å². The van der Waals surface area contributed by atoms with E-state index in [0.29, 0.717) is 12.1 Å². The lowest BCUT2D eigenvalue weighted by Gasteiger charge is -2.27. The second-order valence-electron chi connectivity index (χ2n) is 7.16. The van der Waals surface area contributed by atoms with Crippen LogP contribution in [0.25, 0.3) is 10.9 Å².